The van der Waals surface area contributed by atoms with E-state index in [4.69, 9.17) is 5.11 Å². The highest BCUT2D eigenvalue weighted by Gasteiger charge is 1.69. The lowest BCUT2D eigenvalue weighted by molar-refractivity contribution is 0.287. The number of aromatic nitrogens is 1. The zero-order valence-corrected chi connectivity index (χ0v) is 7.61. The highest BCUT2D eigenvalue weighted by atomic mass is 16.2. The fourth-order valence-electron chi connectivity index (χ4n) is 0.471. The minimum Gasteiger partial charge on any atom is -0.396 e. The van der Waals surface area contributed by atoms with Gasteiger partial charge in [0.25, 0.3) is 0 Å². The van der Waals surface area contributed by atoms with E-state index in [1.54, 1.807) is 12.4 Å². The Hall–Kier alpha value is -0.930. The van der Waals surface area contributed by atoms with Gasteiger partial charge in [-0.15, -0.1) is 0 Å². The van der Waals surface area contributed by atoms with Crippen LogP contribution in [0.1, 0.15) is 19.8 Å². The molecular formula is C9H18N2O. The molecular weight excluding hydrogens is 152 g/mol. The topological polar surface area (TPSA) is 68.1 Å². The van der Waals surface area contributed by atoms with E-state index in [0.29, 0.717) is 6.61 Å². The molecule has 0 fully saturated rings. The van der Waals surface area contributed by atoms with E-state index in [2.05, 4.69) is 11.9 Å². The molecule has 1 aromatic rings. The Labute approximate surface area is 74.0 Å². The largest absolute Gasteiger partial charge is 0.396 e. The van der Waals surface area contributed by atoms with Gasteiger partial charge in [-0.25, -0.2) is 0 Å². The SMILES string of the molecule is CCCCO.N.c1ccncc1. The number of nitrogens with zero attached hydrogens (tertiary/aromatic N) is 1. The maximum absolute atomic E-state index is 8.07. The van der Waals surface area contributed by atoms with Crippen molar-refractivity contribution in [1.29, 1.82) is 0 Å². The molecule has 70 valence electrons. The number of unbranched alkanes of at least 4 members (excludes halogenated alkanes) is 1. The first-order valence-electron chi connectivity index (χ1n) is 3.87. The van der Waals surface area contributed by atoms with Crippen molar-refractivity contribution in [2.24, 2.45) is 0 Å². The molecule has 0 atom stereocenters. The lowest BCUT2D eigenvalue weighted by Gasteiger charge is -1.79. The number of hydrogen-bond acceptors (Lipinski definition) is 3. The molecule has 0 unspecified atom stereocenters. The Balaban J connectivity index is 0. The summed E-state index contributed by atoms with van der Waals surface area (Å²) in [5.74, 6) is 0. The standard InChI is InChI=1S/C5H5N.C4H10O.H3N/c1-2-4-6-5-3-1;1-2-3-4-5;/h1-5H;5H,2-4H2,1H3;1H3. The minimum atomic E-state index is 0. The van der Waals surface area contributed by atoms with Crippen molar-refractivity contribution in [2.75, 3.05) is 6.61 Å². The monoisotopic (exact) mass is 170 g/mol. The van der Waals surface area contributed by atoms with Crippen LogP contribution in [-0.4, -0.2) is 16.7 Å². The minimum absolute atomic E-state index is 0. The average Bonchev–Trinajstić information content (AvgIpc) is 2.10. The van der Waals surface area contributed by atoms with Gasteiger partial charge in [0.2, 0.25) is 0 Å². The summed E-state index contributed by atoms with van der Waals surface area (Å²) in [7, 11) is 0. The molecule has 0 bridgehead atoms. The van der Waals surface area contributed by atoms with Crippen LogP contribution in [0.25, 0.3) is 0 Å². The van der Waals surface area contributed by atoms with Gasteiger partial charge in [-0.1, -0.05) is 19.4 Å². The highest BCUT2D eigenvalue weighted by molar-refractivity contribution is 4.88. The number of rotatable bonds is 2. The summed E-state index contributed by atoms with van der Waals surface area (Å²) < 4.78 is 0. The van der Waals surface area contributed by atoms with Crippen LogP contribution in [0.3, 0.4) is 0 Å². The summed E-state index contributed by atoms with van der Waals surface area (Å²) in [5.41, 5.74) is 0. The first kappa shape index (κ1) is 13.6. The van der Waals surface area contributed by atoms with Crippen LogP contribution in [0.15, 0.2) is 30.6 Å². The van der Waals surface area contributed by atoms with Gasteiger partial charge in [0.15, 0.2) is 0 Å². The predicted octanol–water partition coefficient (Wildman–Crippen LogP) is 2.02. The first-order chi connectivity index (χ1) is 5.41. The molecule has 0 aromatic carbocycles. The zero-order valence-electron chi connectivity index (χ0n) is 7.61. The molecule has 3 nitrogen and oxygen atoms in total. The van der Waals surface area contributed by atoms with Gasteiger partial charge in [-0.05, 0) is 18.6 Å². The van der Waals surface area contributed by atoms with E-state index in [1.807, 2.05) is 18.2 Å². The lowest BCUT2D eigenvalue weighted by atomic mass is 10.4. The molecule has 0 saturated heterocycles. The van der Waals surface area contributed by atoms with E-state index >= 15 is 0 Å². The molecule has 0 spiro atoms. The first-order valence-corrected chi connectivity index (χ1v) is 3.87. The fourth-order valence-corrected chi connectivity index (χ4v) is 0.471. The fraction of sp³-hybridized carbons (Fsp3) is 0.444. The Morgan fingerprint density at radius 3 is 1.83 bits per heavy atom. The molecule has 3 heteroatoms. The van der Waals surface area contributed by atoms with E-state index in [0.717, 1.165) is 12.8 Å². The lowest BCUT2D eigenvalue weighted by Crippen LogP contribution is -1.75. The molecule has 1 aromatic heterocycles. The van der Waals surface area contributed by atoms with Crippen LogP contribution in [0.4, 0.5) is 0 Å². The third-order valence-electron chi connectivity index (χ3n) is 1.08. The molecule has 1 heterocycles. The van der Waals surface area contributed by atoms with Gasteiger partial charge in [0, 0.05) is 19.0 Å². The van der Waals surface area contributed by atoms with Crippen molar-refractivity contribution in [3.05, 3.63) is 30.6 Å². The van der Waals surface area contributed by atoms with Gasteiger partial charge in [0.1, 0.15) is 0 Å². The maximum Gasteiger partial charge on any atom is 0.0430 e. The van der Waals surface area contributed by atoms with Crippen LogP contribution in [0.5, 0.6) is 0 Å². The summed E-state index contributed by atoms with van der Waals surface area (Å²) in [5, 5.41) is 8.07. The molecule has 0 amide bonds. The van der Waals surface area contributed by atoms with E-state index < -0.39 is 0 Å². The summed E-state index contributed by atoms with van der Waals surface area (Å²) in [6.45, 7) is 2.40. The Kier molecular flexibility index (Phi) is 14.5. The molecule has 0 aliphatic carbocycles. The van der Waals surface area contributed by atoms with Gasteiger partial charge >= 0.3 is 0 Å². The second-order valence-corrected chi connectivity index (χ2v) is 2.10. The summed E-state index contributed by atoms with van der Waals surface area (Å²) in [6, 6.07) is 5.72. The number of hydrogen-bond donors (Lipinski definition) is 2. The second-order valence-electron chi connectivity index (χ2n) is 2.10. The summed E-state index contributed by atoms with van der Waals surface area (Å²) >= 11 is 0. The van der Waals surface area contributed by atoms with Crippen molar-refractivity contribution < 1.29 is 5.11 Å². The zero-order chi connectivity index (χ0) is 8.36. The third-order valence-corrected chi connectivity index (χ3v) is 1.08. The number of pyridine rings is 1. The molecule has 0 aliphatic rings. The van der Waals surface area contributed by atoms with Crippen molar-refractivity contribution >= 4 is 0 Å². The predicted molar refractivity (Wildman–Crippen MR) is 51.3 cm³/mol. The molecule has 0 radical (unpaired) electrons. The van der Waals surface area contributed by atoms with E-state index in [1.165, 1.54) is 0 Å². The summed E-state index contributed by atoms with van der Waals surface area (Å²) in [4.78, 5) is 3.78. The van der Waals surface area contributed by atoms with E-state index in [-0.39, 0.29) is 6.15 Å². The van der Waals surface area contributed by atoms with Crippen LogP contribution < -0.4 is 6.15 Å². The molecule has 1 rings (SSSR count). The molecule has 0 saturated carbocycles. The van der Waals surface area contributed by atoms with Crippen LogP contribution >= 0.6 is 0 Å². The third kappa shape index (κ3) is 11.8. The normalized spacial score (nSPS) is 7.50. The smallest absolute Gasteiger partial charge is 0.0430 e. The maximum atomic E-state index is 8.07. The quantitative estimate of drug-likeness (QED) is 0.713. The van der Waals surface area contributed by atoms with Crippen molar-refractivity contribution in [3.8, 4) is 0 Å². The molecule has 4 N–H and O–H groups in total. The molecule has 12 heavy (non-hydrogen) atoms. The van der Waals surface area contributed by atoms with E-state index in [9.17, 15) is 0 Å². The number of aliphatic hydroxyl groups is 1. The molecule has 0 aliphatic heterocycles. The van der Waals surface area contributed by atoms with Gasteiger partial charge < -0.3 is 11.3 Å². The second kappa shape index (κ2) is 12.7. The van der Waals surface area contributed by atoms with Crippen molar-refractivity contribution in [2.45, 2.75) is 19.8 Å². The van der Waals surface area contributed by atoms with Crippen molar-refractivity contribution in [1.82, 2.24) is 11.1 Å². The van der Waals surface area contributed by atoms with Gasteiger partial charge in [0.05, 0.1) is 0 Å². The summed E-state index contributed by atoms with van der Waals surface area (Å²) in [6.07, 6.45) is 5.54. The average molecular weight is 170 g/mol. The Bertz CT molecular complexity index is 116. The van der Waals surface area contributed by atoms with Crippen LogP contribution in [-0.2, 0) is 0 Å². The van der Waals surface area contributed by atoms with Gasteiger partial charge in [-0.3, -0.25) is 4.98 Å². The highest BCUT2D eigenvalue weighted by Crippen LogP contribution is 1.78. The Morgan fingerprint density at radius 2 is 1.75 bits per heavy atom. The van der Waals surface area contributed by atoms with Crippen molar-refractivity contribution in [3.63, 3.8) is 0 Å². The van der Waals surface area contributed by atoms with Gasteiger partial charge in [-0.2, -0.15) is 0 Å². The number of aliphatic hydroxyl groups excluding tert-OH is 1. The van der Waals surface area contributed by atoms with Crippen LogP contribution in [0, 0.1) is 0 Å². The Morgan fingerprint density at radius 1 is 1.17 bits per heavy atom. The van der Waals surface area contributed by atoms with Crippen LogP contribution in [0.2, 0.25) is 0 Å².